The number of hydrogen-bond acceptors (Lipinski definition) is 3. The largest absolute Gasteiger partial charge is 0.302 e. The van der Waals surface area contributed by atoms with Crippen molar-refractivity contribution in [2.45, 2.75) is 13.5 Å². The molecule has 0 saturated carbocycles. The third kappa shape index (κ3) is 2.06. The van der Waals surface area contributed by atoms with Gasteiger partial charge >= 0.3 is 0 Å². The van der Waals surface area contributed by atoms with Crippen molar-refractivity contribution in [1.82, 2.24) is 14.8 Å². The van der Waals surface area contributed by atoms with Crippen LogP contribution in [0.25, 0.3) is 0 Å². The Kier molecular flexibility index (Phi) is 2.83. The predicted molar refractivity (Wildman–Crippen MR) is 46.4 cm³/mol. The first-order valence-corrected chi connectivity index (χ1v) is 3.88. The molecule has 0 unspecified atom stereocenters. The normalized spacial score (nSPS) is 11.1. The molecule has 0 bridgehead atoms. The van der Waals surface area contributed by atoms with Crippen molar-refractivity contribution in [2.24, 2.45) is 7.05 Å². The third-order valence-electron chi connectivity index (χ3n) is 1.86. The number of aromatic nitrogens is 2. The molecule has 0 aromatic carbocycles. The smallest absolute Gasteiger partial charge is 0.0791 e. The Balaban J connectivity index is 2.64. The van der Waals surface area contributed by atoms with Gasteiger partial charge in [0.2, 0.25) is 0 Å². The Bertz CT molecular complexity index is 237. The van der Waals surface area contributed by atoms with Gasteiger partial charge in [0.05, 0.1) is 19.3 Å². The molecule has 0 amide bonds. The van der Waals surface area contributed by atoms with Gasteiger partial charge < -0.3 is 4.84 Å². The average molecular weight is 169 g/mol. The van der Waals surface area contributed by atoms with Crippen molar-refractivity contribution in [3.63, 3.8) is 0 Å². The van der Waals surface area contributed by atoms with Gasteiger partial charge in [-0.1, -0.05) is 0 Å². The molecule has 0 fully saturated rings. The van der Waals surface area contributed by atoms with Gasteiger partial charge in [-0.05, 0) is 13.0 Å². The molecular weight excluding hydrogens is 154 g/mol. The molecule has 1 rings (SSSR count). The topological polar surface area (TPSA) is 30.3 Å². The summed E-state index contributed by atoms with van der Waals surface area (Å²) in [5.74, 6) is 0. The van der Waals surface area contributed by atoms with E-state index in [9.17, 15) is 0 Å². The third-order valence-corrected chi connectivity index (χ3v) is 1.86. The molecule has 0 N–H and O–H groups in total. The van der Waals surface area contributed by atoms with Gasteiger partial charge in [-0.3, -0.25) is 4.68 Å². The molecule has 1 aromatic heterocycles. The summed E-state index contributed by atoms with van der Waals surface area (Å²) in [7, 11) is 5.46. The van der Waals surface area contributed by atoms with Crippen molar-refractivity contribution in [3.05, 3.63) is 17.5 Å². The second-order valence-corrected chi connectivity index (χ2v) is 2.87. The van der Waals surface area contributed by atoms with Crippen LogP contribution in [0.1, 0.15) is 11.4 Å². The monoisotopic (exact) mass is 169 g/mol. The fourth-order valence-corrected chi connectivity index (χ4v) is 1.00. The van der Waals surface area contributed by atoms with E-state index in [1.165, 1.54) is 0 Å². The van der Waals surface area contributed by atoms with E-state index < -0.39 is 0 Å². The lowest BCUT2D eigenvalue weighted by atomic mass is 10.4. The number of hydroxylamine groups is 2. The molecule has 1 heterocycles. The number of rotatable bonds is 3. The van der Waals surface area contributed by atoms with Crippen LogP contribution in [0.5, 0.6) is 0 Å². The highest BCUT2D eigenvalue weighted by molar-refractivity contribution is 5.07. The van der Waals surface area contributed by atoms with Crippen LogP contribution >= 0.6 is 0 Å². The van der Waals surface area contributed by atoms with E-state index in [0.717, 1.165) is 17.9 Å². The highest BCUT2D eigenvalue weighted by Gasteiger charge is 2.03. The van der Waals surface area contributed by atoms with E-state index in [4.69, 9.17) is 4.84 Å². The molecule has 0 atom stereocenters. The molecule has 4 nitrogen and oxygen atoms in total. The molecule has 0 spiro atoms. The van der Waals surface area contributed by atoms with Crippen LogP contribution in [0, 0.1) is 6.92 Å². The standard InChI is InChI=1S/C8H15N3O/c1-7-5-8(9-11(7)3)6-10(2)12-4/h5H,6H2,1-4H3. The molecular formula is C8H15N3O. The number of aryl methyl sites for hydroxylation is 2. The molecule has 0 aliphatic rings. The van der Waals surface area contributed by atoms with Gasteiger partial charge in [-0.15, -0.1) is 0 Å². The molecule has 68 valence electrons. The van der Waals surface area contributed by atoms with Crippen LogP contribution in [0.15, 0.2) is 6.07 Å². The van der Waals surface area contributed by atoms with Crippen molar-refractivity contribution >= 4 is 0 Å². The van der Waals surface area contributed by atoms with Gasteiger partial charge in [-0.25, -0.2) is 0 Å². The maximum absolute atomic E-state index is 4.99. The van der Waals surface area contributed by atoms with Crippen molar-refractivity contribution in [1.29, 1.82) is 0 Å². The maximum Gasteiger partial charge on any atom is 0.0791 e. The van der Waals surface area contributed by atoms with E-state index in [1.807, 2.05) is 25.7 Å². The fraction of sp³-hybridized carbons (Fsp3) is 0.625. The van der Waals surface area contributed by atoms with Gasteiger partial charge in [0.15, 0.2) is 0 Å². The van der Waals surface area contributed by atoms with Gasteiger partial charge in [0.1, 0.15) is 0 Å². The molecule has 0 radical (unpaired) electrons. The lowest BCUT2D eigenvalue weighted by Crippen LogP contribution is -2.16. The van der Waals surface area contributed by atoms with Gasteiger partial charge in [-0.2, -0.15) is 10.2 Å². The highest BCUT2D eigenvalue weighted by Crippen LogP contribution is 2.03. The molecule has 4 heteroatoms. The van der Waals surface area contributed by atoms with Crippen LogP contribution < -0.4 is 0 Å². The van der Waals surface area contributed by atoms with Crippen molar-refractivity contribution in [2.75, 3.05) is 14.2 Å². The first-order valence-electron chi connectivity index (χ1n) is 3.88. The summed E-state index contributed by atoms with van der Waals surface area (Å²) < 4.78 is 1.86. The minimum Gasteiger partial charge on any atom is -0.302 e. The summed E-state index contributed by atoms with van der Waals surface area (Å²) in [4.78, 5) is 4.99. The van der Waals surface area contributed by atoms with E-state index in [0.29, 0.717) is 0 Å². The Labute approximate surface area is 72.7 Å². The second kappa shape index (κ2) is 3.69. The van der Waals surface area contributed by atoms with E-state index in [-0.39, 0.29) is 0 Å². The molecule has 0 saturated heterocycles. The van der Waals surface area contributed by atoms with Crippen LogP contribution in [0.4, 0.5) is 0 Å². The maximum atomic E-state index is 4.99. The predicted octanol–water partition coefficient (Wildman–Crippen LogP) is 0.722. The van der Waals surface area contributed by atoms with Crippen molar-refractivity contribution < 1.29 is 4.84 Å². The average Bonchev–Trinajstić information content (AvgIpc) is 2.31. The zero-order valence-corrected chi connectivity index (χ0v) is 8.03. The molecule has 0 aliphatic carbocycles. The summed E-state index contributed by atoms with van der Waals surface area (Å²) in [5.41, 5.74) is 2.19. The Morgan fingerprint density at radius 2 is 2.33 bits per heavy atom. The lowest BCUT2D eigenvalue weighted by Gasteiger charge is -2.10. The minimum absolute atomic E-state index is 0.720. The first kappa shape index (κ1) is 9.22. The SMILES string of the molecule is CON(C)Cc1cc(C)n(C)n1. The Morgan fingerprint density at radius 3 is 2.75 bits per heavy atom. The zero-order chi connectivity index (χ0) is 9.14. The van der Waals surface area contributed by atoms with Gasteiger partial charge in [0.25, 0.3) is 0 Å². The lowest BCUT2D eigenvalue weighted by molar-refractivity contribution is -0.117. The quantitative estimate of drug-likeness (QED) is 0.625. The second-order valence-electron chi connectivity index (χ2n) is 2.87. The van der Waals surface area contributed by atoms with Gasteiger partial charge in [0, 0.05) is 19.8 Å². The highest BCUT2D eigenvalue weighted by atomic mass is 16.7. The summed E-state index contributed by atoms with van der Waals surface area (Å²) in [6.07, 6.45) is 0. The Hall–Kier alpha value is -0.870. The zero-order valence-electron chi connectivity index (χ0n) is 8.03. The van der Waals surface area contributed by atoms with E-state index in [1.54, 1.807) is 12.2 Å². The van der Waals surface area contributed by atoms with Crippen molar-refractivity contribution in [3.8, 4) is 0 Å². The summed E-state index contributed by atoms with van der Waals surface area (Å²) in [5, 5.41) is 6.03. The first-order chi connectivity index (χ1) is 5.63. The van der Waals surface area contributed by atoms with Crippen LogP contribution in [-0.4, -0.2) is 29.0 Å². The van der Waals surface area contributed by atoms with Crippen LogP contribution in [0.3, 0.4) is 0 Å². The number of hydrogen-bond donors (Lipinski definition) is 0. The molecule has 1 aromatic rings. The molecule has 0 aliphatic heterocycles. The molecule has 12 heavy (non-hydrogen) atoms. The summed E-state index contributed by atoms with van der Waals surface area (Å²) in [6.45, 7) is 2.75. The fourth-order valence-electron chi connectivity index (χ4n) is 1.00. The van der Waals surface area contributed by atoms with E-state index in [2.05, 4.69) is 11.2 Å². The minimum atomic E-state index is 0.720. The Morgan fingerprint density at radius 1 is 1.67 bits per heavy atom. The van der Waals surface area contributed by atoms with Crippen LogP contribution in [0.2, 0.25) is 0 Å². The summed E-state index contributed by atoms with van der Waals surface area (Å²) >= 11 is 0. The number of nitrogens with zero attached hydrogens (tertiary/aromatic N) is 3. The van der Waals surface area contributed by atoms with Crippen LogP contribution in [-0.2, 0) is 18.4 Å². The van der Waals surface area contributed by atoms with E-state index >= 15 is 0 Å². The summed E-state index contributed by atoms with van der Waals surface area (Å²) in [6, 6.07) is 2.05.